The molecule has 0 saturated carbocycles. The van der Waals surface area contributed by atoms with Gasteiger partial charge in [0.1, 0.15) is 17.4 Å². The molecule has 2 nitrogen and oxygen atoms in total. The summed E-state index contributed by atoms with van der Waals surface area (Å²) in [5, 5.41) is 0. The van der Waals surface area contributed by atoms with Gasteiger partial charge in [-0.05, 0) is 41.3 Å². The predicted molar refractivity (Wildman–Crippen MR) is 83.2 cm³/mol. The molecule has 1 aliphatic rings. The summed E-state index contributed by atoms with van der Waals surface area (Å²) in [4.78, 5) is 12.3. The van der Waals surface area contributed by atoms with Crippen molar-refractivity contribution in [3.8, 4) is 0 Å². The summed E-state index contributed by atoms with van der Waals surface area (Å²) in [5.41, 5.74) is 1.82. The number of halogens is 2. The first-order valence-corrected chi connectivity index (χ1v) is 7.71. The van der Waals surface area contributed by atoms with Gasteiger partial charge in [0.05, 0.1) is 13.2 Å². The molecule has 1 unspecified atom stereocenters. The second kappa shape index (κ2) is 7.01. The molecule has 1 fully saturated rings. The summed E-state index contributed by atoms with van der Waals surface area (Å²) in [6.45, 7) is 1.09. The lowest BCUT2D eigenvalue weighted by atomic mass is 9.85. The number of carbonyl (C=O) groups is 1. The smallest absolute Gasteiger partial charge is 0.137 e. The third-order valence-electron chi connectivity index (χ3n) is 4.30. The SMILES string of the molecule is O=C(Cc1ccc(F)cc1)C[C@H]1COCC1c1ccc(F)cc1. The molecule has 0 aliphatic carbocycles. The van der Waals surface area contributed by atoms with Crippen LogP contribution in [0.3, 0.4) is 0 Å². The fraction of sp³-hybridized carbons (Fsp3) is 0.316. The van der Waals surface area contributed by atoms with E-state index in [1.165, 1.54) is 24.3 Å². The molecule has 0 N–H and O–H groups in total. The molecule has 0 bridgehead atoms. The Labute approximate surface area is 134 Å². The minimum absolute atomic E-state index is 0.105. The number of Topliss-reactive ketones (excluding diaryl/α,β-unsaturated/α-hetero) is 1. The Bertz CT molecular complexity index is 665. The lowest BCUT2D eigenvalue weighted by Crippen LogP contribution is -2.16. The molecule has 1 saturated heterocycles. The van der Waals surface area contributed by atoms with E-state index >= 15 is 0 Å². The van der Waals surface area contributed by atoms with Crippen LogP contribution in [0.5, 0.6) is 0 Å². The summed E-state index contributed by atoms with van der Waals surface area (Å²) < 4.78 is 31.5. The van der Waals surface area contributed by atoms with Gasteiger partial charge in [0.2, 0.25) is 0 Å². The molecule has 1 aliphatic heterocycles. The molecule has 0 spiro atoms. The van der Waals surface area contributed by atoms with Gasteiger partial charge in [-0.25, -0.2) is 8.78 Å². The highest BCUT2D eigenvalue weighted by atomic mass is 19.1. The van der Waals surface area contributed by atoms with E-state index in [-0.39, 0.29) is 29.3 Å². The van der Waals surface area contributed by atoms with Crippen molar-refractivity contribution in [2.45, 2.75) is 18.8 Å². The normalized spacial score (nSPS) is 20.6. The summed E-state index contributed by atoms with van der Waals surface area (Å²) in [6.07, 6.45) is 0.715. The van der Waals surface area contributed by atoms with Crippen LogP contribution >= 0.6 is 0 Å². The minimum atomic E-state index is -0.304. The third-order valence-corrected chi connectivity index (χ3v) is 4.30. The average molecular weight is 316 g/mol. The van der Waals surface area contributed by atoms with Gasteiger partial charge in [-0.15, -0.1) is 0 Å². The van der Waals surface area contributed by atoms with Gasteiger partial charge < -0.3 is 4.74 Å². The lowest BCUT2D eigenvalue weighted by Gasteiger charge is -2.17. The minimum Gasteiger partial charge on any atom is -0.380 e. The number of hydrogen-bond acceptors (Lipinski definition) is 2. The summed E-state index contributed by atoms with van der Waals surface area (Å²) in [5.74, 6) is -0.237. The first kappa shape index (κ1) is 15.8. The number of ether oxygens (including phenoxy) is 1. The maximum atomic E-state index is 13.0. The molecular weight excluding hydrogens is 298 g/mol. The zero-order valence-electron chi connectivity index (χ0n) is 12.7. The highest BCUT2D eigenvalue weighted by Gasteiger charge is 2.31. The van der Waals surface area contributed by atoms with Crippen LogP contribution in [0.2, 0.25) is 0 Å². The van der Waals surface area contributed by atoms with Crippen LogP contribution in [-0.4, -0.2) is 19.0 Å². The van der Waals surface area contributed by atoms with Crippen molar-refractivity contribution in [3.05, 3.63) is 71.3 Å². The monoisotopic (exact) mass is 316 g/mol. The van der Waals surface area contributed by atoms with Gasteiger partial charge in [0.25, 0.3) is 0 Å². The van der Waals surface area contributed by atoms with Gasteiger partial charge in [-0.2, -0.15) is 0 Å². The molecule has 1 heterocycles. The summed E-state index contributed by atoms with van der Waals surface area (Å²) in [6, 6.07) is 12.4. The standard InChI is InChI=1S/C19H18F2O2/c20-16-5-1-13(2-6-16)9-18(22)10-15-11-23-12-19(15)14-3-7-17(21)8-4-14/h1-8,15,19H,9-12H2/t15-,19?/m0/s1. The molecule has 0 radical (unpaired) electrons. The molecule has 2 aromatic rings. The molecular formula is C19H18F2O2. The Morgan fingerprint density at radius 1 is 0.957 bits per heavy atom. The fourth-order valence-electron chi connectivity index (χ4n) is 3.07. The predicted octanol–water partition coefficient (Wildman–Crippen LogP) is 3.90. The van der Waals surface area contributed by atoms with Crippen LogP contribution in [0.1, 0.15) is 23.5 Å². The zero-order valence-corrected chi connectivity index (χ0v) is 12.7. The number of carbonyl (C=O) groups excluding carboxylic acids is 1. The highest BCUT2D eigenvalue weighted by Crippen LogP contribution is 2.33. The number of benzene rings is 2. The van der Waals surface area contributed by atoms with E-state index in [0.717, 1.165) is 11.1 Å². The molecule has 0 aromatic heterocycles. The van der Waals surface area contributed by atoms with Crippen molar-refractivity contribution in [1.29, 1.82) is 0 Å². The van der Waals surface area contributed by atoms with Crippen LogP contribution in [0, 0.1) is 17.6 Å². The number of hydrogen-bond donors (Lipinski definition) is 0. The van der Waals surface area contributed by atoms with Crippen molar-refractivity contribution in [1.82, 2.24) is 0 Å². The van der Waals surface area contributed by atoms with Crippen LogP contribution < -0.4 is 0 Å². The van der Waals surface area contributed by atoms with Gasteiger partial charge in [-0.1, -0.05) is 24.3 Å². The second-order valence-electron chi connectivity index (χ2n) is 6.00. The highest BCUT2D eigenvalue weighted by molar-refractivity contribution is 5.81. The Morgan fingerprint density at radius 2 is 1.57 bits per heavy atom. The average Bonchev–Trinajstić information content (AvgIpc) is 2.98. The van der Waals surface area contributed by atoms with Crippen molar-refractivity contribution in [3.63, 3.8) is 0 Å². The van der Waals surface area contributed by atoms with Crippen molar-refractivity contribution in [2.75, 3.05) is 13.2 Å². The molecule has 2 aromatic carbocycles. The van der Waals surface area contributed by atoms with Gasteiger partial charge in [0.15, 0.2) is 0 Å². The van der Waals surface area contributed by atoms with Crippen LogP contribution in [0.4, 0.5) is 8.78 Å². The van der Waals surface area contributed by atoms with Crippen molar-refractivity contribution >= 4 is 5.78 Å². The van der Waals surface area contributed by atoms with E-state index < -0.39 is 0 Å². The fourth-order valence-corrected chi connectivity index (χ4v) is 3.07. The van der Waals surface area contributed by atoms with E-state index in [2.05, 4.69) is 0 Å². The largest absolute Gasteiger partial charge is 0.380 e. The molecule has 4 heteroatoms. The van der Waals surface area contributed by atoms with E-state index in [1.807, 2.05) is 0 Å². The summed E-state index contributed by atoms with van der Waals surface area (Å²) >= 11 is 0. The van der Waals surface area contributed by atoms with E-state index in [0.29, 0.717) is 26.1 Å². The second-order valence-corrected chi connectivity index (χ2v) is 6.00. The first-order valence-electron chi connectivity index (χ1n) is 7.71. The van der Waals surface area contributed by atoms with Crippen LogP contribution in [0.25, 0.3) is 0 Å². The number of ketones is 1. The Morgan fingerprint density at radius 3 is 2.22 bits per heavy atom. The van der Waals surface area contributed by atoms with Gasteiger partial charge in [-0.3, -0.25) is 4.79 Å². The van der Waals surface area contributed by atoms with Gasteiger partial charge in [0, 0.05) is 18.8 Å². The van der Waals surface area contributed by atoms with Crippen LogP contribution in [-0.2, 0) is 16.0 Å². The Balaban J connectivity index is 1.62. The summed E-state index contributed by atoms with van der Waals surface area (Å²) in [7, 11) is 0. The Hall–Kier alpha value is -2.07. The maximum Gasteiger partial charge on any atom is 0.137 e. The quantitative estimate of drug-likeness (QED) is 0.836. The molecule has 120 valence electrons. The first-order chi connectivity index (χ1) is 11.1. The molecule has 0 amide bonds. The van der Waals surface area contributed by atoms with Crippen LogP contribution in [0.15, 0.2) is 48.5 Å². The van der Waals surface area contributed by atoms with Gasteiger partial charge >= 0.3 is 0 Å². The number of rotatable bonds is 5. The molecule has 23 heavy (non-hydrogen) atoms. The molecule has 2 atom stereocenters. The van der Waals surface area contributed by atoms with Crippen molar-refractivity contribution in [2.24, 2.45) is 5.92 Å². The molecule has 3 rings (SSSR count). The maximum absolute atomic E-state index is 13.0. The van der Waals surface area contributed by atoms with E-state index in [9.17, 15) is 13.6 Å². The topological polar surface area (TPSA) is 26.3 Å². The van der Waals surface area contributed by atoms with E-state index in [1.54, 1.807) is 24.3 Å². The zero-order chi connectivity index (χ0) is 16.2. The Kier molecular flexibility index (Phi) is 4.82. The third kappa shape index (κ3) is 4.02. The lowest BCUT2D eigenvalue weighted by molar-refractivity contribution is -0.119. The van der Waals surface area contributed by atoms with E-state index in [4.69, 9.17) is 4.74 Å². The van der Waals surface area contributed by atoms with Crippen molar-refractivity contribution < 1.29 is 18.3 Å².